The highest BCUT2D eigenvalue weighted by molar-refractivity contribution is 8.11. The minimum atomic E-state index is 0.113. The maximum atomic E-state index is 7.25. The van der Waals surface area contributed by atoms with E-state index in [-0.39, 0.29) is 5.17 Å². The van der Waals surface area contributed by atoms with Crippen molar-refractivity contribution in [3.8, 4) is 0 Å². The molecule has 0 amide bonds. The first-order chi connectivity index (χ1) is 7.17. The van der Waals surface area contributed by atoms with Gasteiger partial charge in [-0.05, 0) is 48.4 Å². The molecule has 0 radical (unpaired) electrons. The summed E-state index contributed by atoms with van der Waals surface area (Å²) in [6, 6.07) is 6.08. The summed E-state index contributed by atoms with van der Waals surface area (Å²) in [5.74, 6) is 0. The van der Waals surface area contributed by atoms with E-state index in [1.165, 1.54) is 10.5 Å². The minimum absolute atomic E-state index is 0.113. The van der Waals surface area contributed by atoms with E-state index in [0.29, 0.717) is 0 Å². The van der Waals surface area contributed by atoms with E-state index < -0.39 is 0 Å². The van der Waals surface area contributed by atoms with Crippen molar-refractivity contribution in [1.82, 2.24) is 0 Å². The Morgan fingerprint density at radius 3 is 2.80 bits per heavy atom. The van der Waals surface area contributed by atoms with Crippen LogP contribution in [0.3, 0.4) is 0 Å². The van der Waals surface area contributed by atoms with Gasteiger partial charge in [0.25, 0.3) is 0 Å². The SMILES string of the molecule is CSc1ccc(/C=N\C(=N)SN)cc1C. The van der Waals surface area contributed by atoms with E-state index in [1.807, 2.05) is 12.1 Å². The van der Waals surface area contributed by atoms with Gasteiger partial charge in [-0.15, -0.1) is 11.8 Å². The second kappa shape index (κ2) is 5.95. The fourth-order valence-electron chi connectivity index (χ4n) is 1.15. The van der Waals surface area contributed by atoms with E-state index >= 15 is 0 Å². The maximum Gasteiger partial charge on any atom is 0.195 e. The van der Waals surface area contributed by atoms with Gasteiger partial charge in [0, 0.05) is 11.1 Å². The summed E-state index contributed by atoms with van der Waals surface area (Å²) < 4.78 is 0. The molecule has 0 heterocycles. The number of hydrogen-bond donors (Lipinski definition) is 2. The van der Waals surface area contributed by atoms with Crippen LogP contribution in [0, 0.1) is 12.3 Å². The Hall–Kier alpha value is -0.780. The predicted octanol–water partition coefficient (Wildman–Crippen LogP) is 2.68. The van der Waals surface area contributed by atoms with Gasteiger partial charge in [-0.1, -0.05) is 6.07 Å². The number of nitrogens with zero attached hydrogens (tertiary/aromatic N) is 1. The Labute approximate surface area is 98.2 Å². The molecule has 3 nitrogen and oxygen atoms in total. The van der Waals surface area contributed by atoms with Crippen LogP contribution in [0.5, 0.6) is 0 Å². The van der Waals surface area contributed by atoms with Gasteiger partial charge in [-0.25, -0.2) is 4.99 Å². The van der Waals surface area contributed by atoms with E-state index in [2.05, 4.69) is 24.2 Å². The van der Waals surface area contributed by atoms with Crippen LogP contribution in [0.4, 0.5) is 0 Å². The van der Waals surface area contributed by atoms with E-state index in [4.69, 9.17) is 10.5 Å². The van der Waals surface area contributed by atoms with Gasteiger partial charge in [0.2, 0.25) is 0 Å². The quantitative estimate of drug-likeness (QED) is 0.361. The Balaban J connectivity index is 2.84. The van der Waals surface area contributed by atoms with E-state index in [1.54, 1.807) is 18.0 Å². The van der Waals surface area contributed by atoms with Crippen LogP contribution in [0.15, 0.2) is 28.1 Å². The molecular weight excluding hydrogens is 226 g/mol. The van der Waals surface area contributed by atoms with E-state index in [9.17, 15) is 0 Å². The number of nitrogens with one attached hydrogen (secondary N) is 1. The third-order valence-electron chi connectivity index (χ3n) is 1.86. The molecule has 0 atom stereocenters. The smallest absolute Gasteiger partial charge is 0.195 e. The topological polar surface area (TPSA) is 62.2 Å². The third kappa shape index (κ3) is 3.70. The zero-order valence-electron chi connectivity index (χ0n) is 8.65. The molecule has 0 aromatic heterocycles. The summed E-state index contributed by atoms with van der Waals surface area (Å²) >= 11 is 2.56. The molecule has 1 aromatic carbocycles. The number of aliphatic imine (C=N–C) groups is 1. The van der Waals surface area contributed by atoms with Gasteiger partial charge in [0.1, 0.15) is 0 Å². The summed E-state index contributed by atoms with van der Waals surface area (Å²) in [4.78, 5) is 5.16. The highest BCUT2D eigenvalue weighted by Gasteiger charge is 1.97. The Morgan fingerprint density at radius 2 is 2.27 bits per heavy atom. The summed E-state index contributed by atoms with van der Waals surface area (Å²) in [5.41, 5.74) is 2.21. The molecule has 0 spiro atoms. The van der Waals surface area contributed by atoms with Crippen molar-refractivity contribution in [3.05, 3.63) is 29.3 Å². The van der Waals surface area contributed by atoms with Crippen LogP contribution in [-0.4, -0.2) is 17.6 Å². The van der Waals surface area contributed by atoms with Gasteiger partial charge in [-0.2, -0.15) is 0 Å². The number of thioether (sulfide) groups is 1. The number of nitrogens with two attached hydrogens (primary N) is 1. The number of benzene rings is 1. The first-order valence-corrected chi connectivity index (χ1v) is 6.42. The molecule has 80 valence electrons. The molecule has 0 unspecified atom stereocenters. The number of rotatable bonds is 2. The van der Waals surface area contributed by atoms with Crippen molar-refractivity contribution in [3.63, 3.8) is 0 Å². The van der Waals surface area contributed by atoms with Crippen LogP contribution in [0.1, 0.15) is 11.1 Å². The predicted molar refractivity (Wildman–Crippen MR) is 70.1 cm³/mol. The van der Waals surface area contributed by atoms with Crippen molar-refractivity contribution in [2.75, 3.05) is 6.26 Å². The fraction of sp³-hybridized carbons (Fsp3) is 0.200. The van der Waals surface area contributed by atoms with Crippen LogP contribution in [-0.2, 0) is 0 Å². The second-order valence-electron chi connectivity index (χ2n) is 2.91. The van der Waals surface area contributed by atoms with Crippen molar-refractivity contribution >= 4 is 35.1 Å². The summed E-state index contributed by atoms with van der Waals surface area (Å²) in [6.07, 6.45) is 3.70. The van der Waals surface area contributed by atoms with Crippen molar-refractivity contribution in [1.29, 1.82) is 5.41 Å². The number of amidine groups is 1. The zero-order chi connectivity index (χ0) is 11.3. The molecule has 0 saturated carbocycles. The summed E-state index contributed by atoms with van der Waals surface area (Å²) in [5, 5.41) is 12.6. The molecule has 1 aromatic rings. The van der Waals surface area contributed by atoms with Gasteiger partial charge in [-0.3, -0.25) is 10.5 Å². The Morgan fingerprint density at radius 1 is 1.53 bits per heavy atom. The molecule has 0 aliphatic carbocycles. The van der Waals surface area contributed by atoms with Gasteiger partial charge < -0.3 is 0 Å². The van der Waals surface area contributed by atoms with Gasteiger partial charge in [0.05, 0.1) is 0 Å². The third-order valence-corrected chi connectivity index (χ3v) is 3.09. The molecule has 0 fully saturated rings. The number of hydrogen-bond acceptors (Lipinski definition) is 4. The van der Waals surface area contributed by atoms with E-state index in [0.717, 1.165) is 17.5 Å². The molecule has 1 rings (SSSR count). The maximum absolute atomic E-state index is 7.25. The second-order valence-corrected chi connectivity index (χ2v) is 4.38. The monoisotopic (exact) mass is 239 g/mol. The molecule has 5 heteroatoms. The average molecular weight is 239 g/mol. The normalized spacial score (nSPS) is 10.9. The minimum Gasteiger partial charge on any atom is -0.276 e. The fourth-order valence-corrected chi connectivity index (χ4v) is 1.84. The van der Waals surface area contributed by atoms with Crippen molar-refractivity contribution in [2.24, 2.45) is 10.1 Å². The Bertz CT molecular complexity index is 388. The van der Waals surface area contributed by atoms with Gasteiger partial charge in [0.15, 0.2) is 5.17 Å². The first-order valence-electron chi connectivity index (χ1n) is 4.31. The molecule has 0 bridgehead atoms. The standard InChI is InChI=1S/C10H13N3S2/c1-7-5-8(3-4-9(7)14-2)6-13-10(11)15-12/h3-6,11H,12H2,1-2H3/b11-10?,13-6-. The summed E-state index contributed by atoms with van der Waals surface area (Å²) in [6.45, 7) is 2.06. The van der Waals surface area contributed by atoms with Crippen molar-refractivity contribution in [2.45, 2.75) is 11.8 Å². The molecule has 15 heavy (non-hydrogen) atoms. The largest absolute Gasteiger partial charge is 0.276 e. The molecule has 0 saturated heterocycles. The molecular formula is C10H13N3S2. The lowest BCUT2D eigenvalue weighted by Crippen LogP contribution is -1.92. The van der Waals surface area contributed by atoms with Crippen LogP contribution >= 0.6 is 23.7 Å². The lowest BCUT2D eigenvalue weighted by Gasteiger charge is -2.02. The lowest BCUT2D eigenvalue weighted by atomic mass is 10.1. The number of aryl methyl sites for hydroxylation is 1. The molecule has 0 aliphatic heterocycles. The Kier molecular flexibility index (Phi) is 4.87. The first kappa shape index (κ1) is 12.3. The molecule has 3 N–H and O–H groups in total. The highest BCUT2D eigenvalue weighted by atomic mass is 32.2. The highest BCUT2D eigenvalue weighted by Crippen LogP contribution is 2.19. The van der Waals surface area contributed by atoms with Crippen molar-refractivity contribution < 1.29 is 0 Å². The zero-order valence-corrected chi connectivity index (χ0v) is 10.3. The molecule has 0 aliphatic rings. The van der Waals surface area contributed by atoms with Crippen LogP contribution < -0.4 is 5.14 Å². The van der Waals surface area contributed by atoms with Gasteiger partial charge >= 0.3 is 0 Å². The van der Waals surface area contributed by atoms with Crippen LogP contribution in [0.25, 0.3) is 0 Å². The average Bonchev–Trinajstić information content (AvgIpc) is 2.26. The lowest BCUT2D eigenvalue weighted by molar-refractivity contribution is 1.30. The van der Waals surface area contributed by atoms with Crippen LogP contribution in [0.2, 0.25) is 0 Å². The summed E-state index contributed by atoms with van der Waals surface area (Å²) in [7, 11) is 0.